The normalized spacial score (nSPS) is 11.7. The van der Waals surface area contributed by atoms with Gasteiger partial charge in [-0.05, 0) is 31.9 Å². The van der Waals surface area contributed by atoms with Gasteiger partial charge < -0.3 is 14.6 Å². The average molecular weight is 356 g/mol. The van der Waals surface area contributed by atoms with Crippen LogP contribution in [0.5, 0.6) is 0 Å². The van der Waals surface area contributed by atoms with Gasteiger partial charge in [0.05, 0.1) is 6.04 Å². The van der Waals surface area contributed by atoms with E-state index in [9.17, 15) is 14.4 Å². The van der Waals surface area contributed by atoms with Crippen LogP contribution in [0.15, 0.2) is 36.5 Å². The molecule has 0 aliphatic carbocycles. The van der Waals surface area contributed by atoms with Gasteiger partial charge in [0, 0.05) is 18.8 Å². The van der Waals surface area contributed by atoms with Gasteiger partial charge in [-0.25, -0.2) is 4.79 Å². The first-order valence-corrected chi connectivity index (χ1v) is 8.52. The van der Waals surface area contributed by atoms with Crippen LogP contribution in [-0.4, -0.2) is 28.8 Å². The van der Waals surface area contributed by atoms with Crippen molar-refractivity contribution in [3.8, 4) is 0 Å². The van der Waals surface area contributed by atoms with Crippen molar-refractivity contribution in [2.24, 2.45) is 7.05 Å². The zero-order valence-corrected chi connectivity index (χ0v) is 15.5. The summed E-state index contributed by atoms with van der Waals surface area (Å²) in [4.78, 5) is 35.7. The lowest BCUT2D eigenvalue weighted by atomic mass is 10.0. The van der Waals surface area contributed by atoms with E-state index in [2.05, 4.69) is 5.32 Å². The smallest absolute Gasteiger partial charge is 0.355 e. The van der Waals surface area contributed by atoms with Crippen molar-refractivity contribution in [3.05, 3.63) is 58.9 Å². The Labute approximate surface area is 153 Å². The molecule has 0 saturated carbocycles. The molecule has 1 aromatic carbocycles. The molecule has 1 heterocycles. The fraction of sp³-hybridized carbons (Fsp3) is 0.350. The van der Waals surface area contributed by atoms with E-state index in [1.54, 1.807) is 13.2 Å². The van der Waals surface area contributed by atoms with Crippen molar-refractivity contribution in [3.63, 3.8) is 0 Å². The molecule has 138 valence electrons. The van der Waals surface area contributed by atoms with E-state index in [1.165, 1.54) is 17.6 Å². The number of carbonyl (C=O) groups excluding carboxylic acids is 3. The summed E-state index contributed by atoms with van der Waals surface area (Å²) >= 11 is 0. The SMILES string of the molecule is CC[C@H](NC(=O)COC(=O)c1cc(C(C)=O)cn1C)c1ccc(C)cc1. The predicted molar refractivity (Wildman–Crippen MR) is 98.1 cm³/mol. The first kappa shape index (κ1) is 19.4. The van der Waals surface area contributed by atoms with Crippen LogP contribution < -0.4 is 5.32 Å². The second-order valence-corrected chi connectivity index (χ2v) is 6.30. The predicted octanol–water partition coefficient (Wildman–Crippen LogP) is 2.96. The van der Waals surface area contributed by atoms with Gasteiger partial charge in [-0.1, -0.05) is 36.8 Å². The van der Waals surface area contributed by atoms with E-state index < -0.39 is 5.97 Å². The van der Waals surface area contributed by atoms with Gasteiger partial charge in [0.15, 0.2) is 12.4 Å². The molecule has 1 atom stereocenters. The first-order valence-electron chi connectivity index (χ1n) is 8.52. The number of benzene rings is 1. The fourth-order valence-corrected chi connectivity index (χ4v) is 2.62. The number of rotatable bonds is 7. The summed E-state index contributed by atoms with van der Waals surface area (Å²) in [5.74, 6) is -1.15. The lowest BCUT2D eigenvalue weighted by molar-refractivity contribution is -0.125. The molecule has 0 saturated heterocycles. The van der Waals surface area contributed by atoms with E-state index in [4.69, 9.17) is 4.74 Å². The van der Waals surface area contributed by atoms with E-state index in [1.807, 2.05) is 38.1 Å². The largest absolute Gasteiger partial charge is 0.451 e. The second kappa shape index (κ2) is 8.47. The Morgan fingerprint density at radius 3 is 2.38 bits per heavy atom. The molecule has 0 aliphatic heterocycles. The number of esters is 1. The molecule has 0 spiro atoms. The summed E-state index contributed by atoms with van der Waals surface area (Å²) in [6.45, 7) is 5.03. The highest BCUT2D eigenvalue weighted by atomic mass is 16.5. The number of carbonyl (C=O) groups is 3. The van der Waals surface area contributed by atoms with Crippen molar-refractivity contribution in [2.45, 2.75) is 33.2 Å². The number of nitrogens with one attached hydrogen (secondary N) is 1. The summed E-state index contributed by atoms with van der Waals surface area (Å²) in [5, 5.41) is 2.87. The average Bonchev–Trinajstić information content (AvgIpc) is 3.00. The molecule has 26 heavy (non-hydrogen) atoms. The standard InChI is InChI=1S/C20H24N2O4/c1-5-17(15-8-6-13(2)7-9-15)21-19(24)12-26-20(25)18-10-16(14(3)23)11-22(18)4/h6-11,17H,5,12H2,1-4H3,(H,21,24)/t17-/m0/s1. The zero-order valence-electron chi connectivity index (χ0n) is 15.5. The third-order valence-electron chi connectivity index (χ3n) is 4.18. The number of aryl methyl sites for hydroxylation is 2. The van der Waals surface area contributed by atoms with Crippen molar-refractivity contribution < 1.29 is 19.1 Å². The minimum absolute atomic E-state index is 0.138. The summed E-state index contributed by atoms with van der Waals surface area (Å²) in [6.07, 6.45) is 2.28. The lowest BCUT2D eigenvalue weighted by Crippen LogP contribution is -2.32. The van der Waals surface area contributed by atoms with Crippen LogP contribution in [0.25, 0.3) is 0 Å². The molecule has 2 aromatic rings. The quantitative estimate of drug-likeness (QED) is 0.611. The fourth-order valence-electron chi connectivity index (χ4n) is 2.62. The Bertz CT molecular complexity index is 806. The molecule has 2 rings (SSSR count). The highest BCUT2D eigenvalue weighted by Gasteiger charge is 2.18. The maximum Gasteiger partial charge on any atom is 0.355 e. The molecule has 0 bridgehead atoms. The van der Waals surface area contributed by atoms with Crippen LogP contribution in [0.2, 0.25) is 0 Å². The van der Waals surface area contributed by atoms with Gasteiger partial charge in [-0.2, -0.15) is 0 Å². The Kier molecular flexibility index (Phi) is 6.33. The number of amides is 1. The molecular weight excluding hydrogens is 332 g/mol. The number of nitrogens with zero attached hydrogens (tertiary/aromatic N) is 1. The van der Waals surface area contributed by atoms with Crippen LogP contribution >= 0.6 is 0 Å². The van der Waals surface area contributed by atoms with Gasteiger partial charge >= 0.3 is 5.97 Å². The topological polar surface area (TPSA) is 77.4 Å². The van der Waals surface area contributed by atoms with Crippen LogP contribution in [0.3, 0.4) is 0 Å². The van der Waals surface area contributed by atoms with E-state index in [0.29, 0.717) is 5.56 Å². The summed E-state index contributed by atoms with van der Waals surface area (Å²) < 4.78 is 6.59. The minimum atomic E-state index is -0.640. The van der Waals surface area contributed by atoms with Gasteiger partial charge in [-0.3, -0.25) is 9.59 Å². The van der Waals surface area contributed by atoms with Gasteiger partial charge in [0.2, 0.25) is 0 Å². The van der Waals surface area contributed by atoms with Crippen LogP contribution in [0.1, 0.15) is 58.3 Å². The Balaban J connectivity index is 1.94. The van der Waals surface area contributed by atoms with E-state index >= 15 is 0 Å². The molecular formula is C20H24N2O4. The van der Waals surface area contributed by atoms with Gasteiger partial charge in [-0.15, -0.1) is 0 Å². The Hall–Kier alpha value is -2.89. The third-order valence-corrected chi connectivity index (χ3v) is 4.18. The van der Waals surface area contributed by atoms with E-state index in [-0.39, 0.29) is 30.0 Å². The van der Waals surface area contributed by atoms with Crippen LogP contribution in [0, 0.1) is 6.92 Å². The maximum absolute atomic E-state index is 12.1. The van der Waals surface area contributed by atoms with Crippen LogP contribution in [0.4, 0.5) is 0 Å². The molecule has 0 aliphatic rings. The highest BCUT2D eigenvalue weighted by molar-refractivity contribution is 5.98. The summed E-state index contributed by atoms with van der Waals surface area (Å²) in [7, 11) is 1.65. The van der Waals surface area contributed by atoms with Crippen molar-refractivity contribution >= 4 is 17.7 Å². The Morgan fingerprint density at radius 1 is 1.19 bits per heavy atom. The van der Waals surface area contributed by atoms with Crippen LogP contribution in [-0.2, 0) is 16.6 Å². The molecule has 1 N–H and O–H groups in total. The maximum atomic E-state index is 12.1. The Morgan fingerprint density at radius 2 is 1.85 bits per heavy atom. The molecule has 1 amide bonds. The number of ketones is 1. The number of hydrogen-bond donors (Lipinski definition) is 1. The third kappa shape index (κ3) is 4.81. The molecule has 6 heteroatoms. The number of ether oxygens (including phenoxy) is 1. The minimum Gasteiger partial charge on any atom is -0.451 e. The number of hydrogen-bond acceptors (Lipinski definition) is 4. The summed E-state index contributed by atoms with van der Waals surface area (Å²) in [6, 6.07) is 9.26. The molecule has 1 aromatic heterocycles. The highest BCUT2D eigenvalue weighted by Crippen LogP contribution is 2.17. The molecule has 0 radical (unpaired) electrons. The molecule has 0 fully saturated rings. The monoisotopic (exact) mass is 356 g/mol. The zero-order chi connectivity index (χ0) is 19.3. The first-order chi connectivity index (χ1) is 12.3. The second-order valence-electron chi connectivity index (χ2n) is 6.30. The van der Waals surface area contributed by atoms with Gasteiger partial charge in [0.25, 0.3) is 5.91 Å². The van der Waals surface area contributed by atoms with Crippen molar-refractivity contribution in [2.75, 3.05) is 6.61 Å². The summed E-state index contributed by atoms with van der Waals surface area (Å²) in [5.41, 5.74) is 2.81. The molecule has 6 nitrogen and oxygen atoms in total. The lowest BCUT2D eigenvalue weighted by Gasteiger charge is -2.17. The van der Waals surface area contributed by atoms with Gasteiger partial charge in [0.1, 0.15) is 5.69 Å². The van der Waals surface area contributed by atoms with E-state index in [0.717, 1.165) is 17.5 Å². The number of aromatic nitrogens is 1. The number of Topliss-reactive ketones (excluding diaryl/α,β-unsaturated/α-hetero) is 1. The van der Waals surface area contributed by atoms with Crippen molar-refractivity contribution in [1.82, 2.24) is 9.88 Å². The molecule has 0 unspecified atom stereocenters. The van der Waals surface area contributed by atoms with Crippen molar-refractivity contribution in [1.29, 1.82) is 0 Å².